The molecule has 2 heterocycles. The molecule has 0 bridgehead atoms. The third kappa shape index (κ3) is 2.04. The van der Waals surface area contributed by atoms with Gasteiger partial charge in [-0.1, -0.05) is 0 Å². The van der Waals surface area contributed by atoms with Crippen molar-refractivity contribution in [1.29, 1.82) is 0 Å². The Balaban J connectivity index is 2.12. The number of nitrogens with zero attached hydrogens (tertiary/aromatic N) is 2. The molecule has 1 saturated heterocycles. The number of pyridine rings is 1. The average Bonchev–Trinajstić information content (AvgIpc) is 2.18. The topological polar surface area (TPSA) is 28.2 Å². The highest BCUT2D eigenvalue weighted by Crippen LogP contribution is 2.18. The minimum absolute atomic E-state index is 0.210. The van der Waals surface area contributed by atoms with Gasteiger partial charge in [0.15, 0.2) is 0 Å². The van der Waals surface area contributed by atoms with Crippen LogP contribution in [-0.4, -0.2) is 30.2 Å². The molecule has 0 spiro atoms. The van der Waals surface area contributed by atoms with Crippen LogP contribution in [0.3, 0.4) is 0 Å². The Labute approximate surface area is 85.1 Å². The molecule has 0 atom stereocenters. The van der Waals surface area contributed by atoms with E-state index in [1.165, 1.54) is 5.69 Å². The summed E-state index contributed by atoms with van der Waals surface area (Å²) in [5.41, 5.74) is 1.48. The number of anilines is 1. The molecule has 0 saturated carbocycles. The molecule has 0 unspecified atom stereocenters. The zero-order chi connectivity index (χ0) is 10.0. The molecule has 1 aromatic heterocycles. The van der Waals surface area contributed by atoms with Gasteiger partial charge >= 0.3 is 0 Å². The van der Waals surface area contributed by atoms with E-state index in [-0.39, 0.29) is 5.54 Å². The van der Waals surface area contributed by atoms with Crippen LogP contribution in [0.1, 0.15) is 13.8 Å². The van der Waals surface area contributed by atoms with E-state index in [0.29, 0.717) is 0 Å². The molecule has 1 fully saturated rings. The lowest BCUT2D eigenvalue weighted by Crippen LogP contribution is -2.57. The summed E-state index contributed by atoms with van der Waals surface area (Å²) in [6.45, 7) is 7.65. The molecule has 14 heavy (non-hydrogen) atoms. The molecule has 1 aliphatic heterocycles. The average molecular weight is 191 g/mol. The van der Waals surface area contributed by atoms with E-state index in [0.717, 1.165) is 19.6 Å². The first-order valence-electron chi connectivity index (χ1n) is 5.07. The minimum atomic E-state index is 0.210. The van der Waals surface area contributed by atoms with Gasteiger partial charge in [0.1, 0.15) is 0 Å². The number of nitrogens with one attached hydrogen (secondary N) is 1. The highest BCUT2D eigenvalue weighted by Gasteiger charge is 2.25. The van der Waals surface area contributed by atoms with E-state index in [9.17, 15) is 0 Å². The van der Waals surface area contributed by atoms with E-state index in [1.807, 2.05) is 12.4 Å². The second-order valence-electron chi connectivity index (χ2n) is 4.44. The fraction of sp³-hybridized carbons (Fsp3) is 0.545. The van der Waals surface area contributed by atoms with Crippen LogP contribution in [-0.2, 0) is 0 Å². The molecule has 2 rings (SSSR count). The molecule has 0 aromatic carbocycles. The van der Waals surface area contributed by atoms with Crippen molar-refractivity contribution in [3.05, 3.63) is 24.5 Å². The highest BCUT2D eigenvalue weighted by molar-refractivity contribution is 5.45. The van der Waals surface area contributed by atoms with Crippen molar-refractivity contribution in [2.75, 3.05) is 24.5 Å². The summed E-state index contributed by atoms with van der Waals surface area (Å²) in [5, 5.41) is 3.50. The minimum Gasteiger partial charge on any atom is -0.368 e. The second kappa shape index (κ2) is 3.58. The predicted octanol–water partition coefficient (Wildman–Crippen LogP) is 1.27. The van der Waals surface area contributed by atoms with Crippen molar-refractivity contribution in [3.8, 4) is 0 Å². The van der Waals surface area contributed by atoms with Gasteiger partial charge in [0.05, 0.1) is 0 Å². The van der Waals surface area contributed by atoms with E-state index in [4.69, 9.17) is 0 Å². The molecule has 1 N–H and O–H groups in total. The van der Waals surface area contributed by atoms with Crippen LogP contribution in [0.5, 0.6) is 0 Å². The number of hydrogen-bond donors (Lipinski definition) is 1. The second-order valence-corrected chi connectivity index (χ2v) is 4.44. The Bertz CT molecular complexity index is 295. The van der Waals surface area contributed by atoms with Crippen LogP contribution in [0.4, 0.5) is 5.69 Å². The van der Waals surface area contributed by atoms with Crippen LogP contribution < -0.4 is 10.2 Å². The molecule has 3 nitrogen and oxygen atoms in total. The number of piperazine rings is 1. The maximum absolute atomic E-state index is 4.03. The lowest BCUT2D eigenvalue weighted by atomic mass is 10.0. The Morgan fingerprint density at radius 2 is 2.07 bits per heavy atom. The Kier molecular flexibility index (Phi) is 2.42. The van der Waals surface area contributed by atoms with Crippen LogP contribution in [0.15, 0.2) is 24.5 Å². The Morgan fingerprint density at radius 3 is 2.71 bits per heavy atom. The standard InChI is InChI=1S/C11H17N3/c1-11(2)9-14(8-7-13-11)10-3-5-12-6-4-10/h3-6,13H,7-9H2,1-2H3. The van der Waals surface area contributed by atoms with Gasteiger partial charge in [-0.05, 0) is 26.0 Å². The van der Waals surface area contributed by atoms with Crippen molar-refractivity contribution in [2.24, 2.45) is 0 Å². The quantitative estimate of drug-likeness (QED) is 0.724. The summed E-state index contributed by atoms with van der Waals surface area (Å²) in [6.07, 6.45) is 3.70. The highest BCUT2D eigenvalue weighted by atomic mass is 15.2. The van der Waals surface area contributed by atoms with Crippen LogP contribution in [0.25, 0.3) is 0 Å². The van der Waals surface area contributed by atoms with Crippen LogP contribution >= 0.6 is 0 Å². The molecule has 0 aliphatic carbocycles. The number of hydrogen-bond acceptors (Lipinski definition) is 3. The van der Waals surface area contributed by atoms with Gasteiger partial charge in [-0.25, -0.2) is 0 Å². The molecule has 1 aromatic rings. The van der Waals surface area contributed by atoms with Crippen LogP contribution in [0, 0.1) is 0 Å². The molecule has 3 heteroatoms. The zero-order valence-electron chi connectivity index (χ0n) is 8.83. The fourth-order valence-corrected chi connectivity index (χ4v) is 1.92. The lowest BCUT2D eigenvalue weighted by molar-refractivity contribution is 0.353. The van der Waals surface area contributed by atoms with Gasteiger partial charge in [0.2, 0.25) is 0 Å². The summed E-state index contributed by atoms with van der Waals surface area (Å²) >= 11 is 0. The number of rotatable bonds is 1. The van der Waals surface area contributed by atoms with Gasteiger partial charge < -0.3 is 10.2 Å². The Hall–Kier alpha value is -1.09. The molecule has 0 amide bonds. The van der Waals surface area contributed by atoms with Gasteiger partial charge in [-0.15, -0.1) is 0 Å². The smallest absolute Gasteiger partial charge is 0.0398 e. The summed E-state index contributed by atoms with van der Waals surface area (Å²) in [5.74, 6) is 0. The normalized spacial score (nSPS) is 20.9. The van der Waals surface area contributed by atoms with E-state index < -0.39 is 0 Å². The third-order valence-corrected chi connectivity index (χ3v) is 2.60. The molecule has 76 valence electrons. The van der Waals surface area contributed by atoms with Crippen molar-refractivity contribution in [1.82, 2.24) is 10.3 Å². The summed E-state index contributed by atoms with van der Waals surface area (Å²) in [4.78, 5) is 6.44. The van der Waals surface area contributed by atoms with E-state index in [1.54, 1.807) is 0 Å². The van der Waals surface area contributed by atoms with Gasteiger partial charge in [0.25, 0.3) is 0 Å². The van der Waals surface area contributed by atoms with Crippen molar-refractivity contribution < 1.29 is 0 Å². The molecular weight excluding hydrogens is 174 g/mol. The first-order chi connectivity index (χ1) is 6.67. The van der Waals surface area contributed by atoms with Crippen molar-refractivity contribution in [2.45, 2.75) is 19.4 Å². The van der Waals surface area contributed by atoms with Gasteiger partial charge in [-0.2, -0.15) is 0 Å². The first kappa shape index (κ1) is 9.46. The lowest BCUT2D eigenvalue weighted by Gasteiger charge is -2.40. The monoisotopic (exact) mass is 191 g/mol. The Morgan fingerprint density at radius 1 is 1.36 bits per heavy atom. The fourth-order valence-electron chi connectivity index (χ4n) is 1.92. The molecular formula is C11H17N3. The van der Waals surface area contributed by atoms with E-state index >= 15 is 0 Å². The van der Waals surface area contributed by atoms with Crippen molar-refractivity contribution in [3.63, 3.8) is 0 Å². The third-order valence-electron chi connectivity index (χ3n) is 2.60. The molecule has 0 radical (unpaired) electrons. The SMILES string of the molecule is CC1(C)CN(c2ccncc2)CCN1. The van der Waals surface area contributed by atoms with E-state index in [2.05, 4.69) is 41.2 Å². The predicted molar refractivity (Wildman–Crippen MR) is 58.5 cm³/mol. The maximum Gasteiger partial charge on any atom is 0.0398 e. The largest absolute Gasteiger partial charge is 0.368 e. The van der Waals surface area contributed by atoms with Gasteiger partial charge in [-0.3, -0.25) is 4.98 Å². The molecule has 1 aliphatic rings. The maximum atomic E-state index is 4.03. The van der Waals surface area contributed by atoms with Crippen LogP contribution in [0.2, 0.25) is 0 Å². The summed E-state index contributed by atoms with van der Waals surface area (Å²) < 4.78 is 0. The van der Waals surface area contributed by atoms with Crippen molar-refractivity contribution >= 4 is 5.69 Å². The first-order valence-corrected chi connectivity index (χ1v) is 5.07. The van der Waals surface area contributed by atoms with Gasteiger partial charge in [0, 0.05) is 43.3 Å². The number of aromatic nitrogens is 1. The zero-order valence-corrected chi connectivity index (χ0v) is 8.83. The summed E-state index contributed by atoms with van der Waals surface area (Å²) in [6, 6.07) is 4.14. The summed E-state index contributed by atoms with van der Waals surface area (Å²) in [7, 11) is 0.